The molecule has 1 aromatic heterocycles. The van der Waals surface area contributed by atoms with Crippen LogP contribution in [0.5, 0.6) is 5.75 Å². The third-order valence-corrected chi connectivity index (χ3v) is 4.23. The first-order valence-corrected chi connectivity index (χ1v) is 8.35. The van der Waals surface area contributed by atoms with Crippen LogP contribution in [0.4, 0.5) is 10.1 Å². The molecule has 0 unspecified atom stereocenters. The third kappa shape index (κ3) is 4.25. The van der Waals surface area contributed by atoms with Gasteiger partial charge in [0.15, 0.2) is 0 Å². The summed E-state index contributed by atoms with van der Waals surface area (Å²) in [5.74, 6) is -0.915. The van der Waals surface area contributed by atoms with Crippen LogP contribution in [-0.2, 0) is 4.79 Å². The molecule has 0 aliphatic rings. The molecule has 7 nitrogen and oxygen atoms in total. The highest BCUT2D eigenvalue weighted by atomic mass is 35.5. The maximum Gasteiger partial charge on any atom is 0.234 e. The molecule has 0 saturated heterocycles. The molecule has 2 N–H and O–H groups in total. The number of phenols is 1. The Balaban J connectivity index is 1.65. The van der Waals surface area contributed by atoms with E-state index < -0.39 is 11.7 Å². The summed E-state index contributed by atoms with van der Waals surface area (Å²) in [7, 11) is 0. The molecule has 0 aliphatic carbocycles. The first-order chi connectivity index (χ1) is 12.0. The molecule has 0 atom stereocenters. The Kier molecular flexibility index (Phi) is 5.15. The number of anilines is 1. The summed E-state index contributed by atoms with van der Waals surface area (Å²) in [6.45, 7) is 0. The number of nitrogens with zero attached hydrogens (tertiary/aromatic N) is 4. The van der Waals surface area contributed by atoms with Crippen LogP contribution in [0.15, 0.2) is 47.6 Å². The number of rotatable bonds is 5. The number of hydrogen-bond donors (Lipinski definition) is 2. The molecule has 2 aromatic carbocycles. The number of benzene rings is 2. The zero-order chi connectivity index (χ0) is 17.8. The molecule has 0 spiro atoms. The van der Waals surface area contributed by atoms with Crippen molar-refractivity contribution in [1.82, 2.24) is 20.2 Å². The molecular weight excluding hydrogens is 369 g/mol. The Morgan fingerprint density at radius 3 is 2.76 bits per heavy atom. The van der Waals surface area contributed by atoms with Crippen LogP contribution in [0.2, 0.25) is 5.02 Å². The molecule has 0 radical (unpaired) electrons. The Labute approximate surface area is 150 Å². The fraction of sp³-hybridized carbons (Fsp3) is 0.0667. The molecule has 25 heavy (non-hydrogen) atoms. The fourth-order valence-electron chi connectivity index (χ4n) is 1.93. The summed E-state index contributed by atoms with van der Waals surface area (Å²) < 4.78 is 15.1. The van der Waals surface area contributed by atoms with E-state index in [0.717, 1.165) is 17.8 Å². The Morgan fingerprint density at radius 2 is 2.04 bits per heavy atom. The molecule has 3 aromatic rings. The van der Waals surface area contributed by atoms with Gasteiger partial charge in [0, 0.05) is 5.02 Å². The van der Waals surface area contributed by atoms with Crippen molar-refractivity contribution in [2.24, 2.45) is 0 Å². The number of carbonyl (C=O) groups is 1. The third-order valence-electron chi connectivity index (χ3n) is 3.07. The highest BCUT2D eigenvalue weighted by Crippen LogP contribution is 2.22. The molecule has 1 heterocycles. The van der Waals surface area contributed by atoms with Gasteiger partial charge in [-0.25, -0.2) is 4.39 Å². The highest BCUT2D eigenvalue weighted by Gasteiger charge is 2.13. The van der Waals surface area contributed by atoms with Crippen molar-refractivity contribution in [1.29, 1.82) is 0 Å². The van der Waals surface area contributed by atoms with E-state index in [1.165, 1.54) is 28.9 Å². The largest absolute Gasteiger partial charge is 0.508 e. The highest BCUT2D eigenvalue weighted by molar-refractivity contribution is 7.99. The monoisotopic (exact) mass is 379 g/mol. The van der Waals surface area contributed by atoms with Crippen molar-refractivity contribution in [3.05, 3.63) is 53.3 Å². The lowest BCUT2D eigenvalue weighted by molar-refractivity contribution is -0.113. The van der Waals surface area contributed by atoms with Crippen LogP contribution < -0.4 is 5.32 Å². The number of phenolic OH excluding ortho intramolecular Hbond substituents is 1. The normalized spacial score (nSPS) is 10.6. The van der Waals surface area contributed by atoms with Gasteiger partial charge in [0.25, 0.3) is 0 Å². The number of halogens is 2. The minimum Gasteiger partial charge on any atom is -0.508 e. The van der Waals surface area contributed by atoms with Gasteiger partial charge in [-0.1, -0.05) is 23.4 Å². The number of thioether (sulfide) groups is 1. The quantitative estimate of drug-likeness (QED) is 0.662. The standard InChI is InChI=1S/C15H11ClFN5O2S/c16-9-1-6-13(12(17)7-9)18-14(24)8-25-15-19-20-21-22(15)10-2-4-11(23)5-3-10/h1-7,23H,8H2,(H,18,24). The van der Waals surface area contributed by atoms with Gasteiger partial charge < -0.3 is 10.4 Å². The molecule has 0 aliphatic heterocycles. The zero-order valence-corrected chi connectivity index (χ0v) is 14.1. The second-order valence-corrected chi connectivity index (χ2v) is 6.23. The number of aromatic nitrogens is 4. The minimum atomic E-state index is -0.611. The van der Waals surface area contributed by atoms with Crippen molar-refractivity contribution < 1.29 is 14.3 Å². The van der Waals surface area contributed by atoms with E-state index in [1.54, 1.807) is 12.1 Å². The molecule has 10 heteroatoms. The Hall–Kier alpha value is -2.65. The van der Waals surface area contributed by atoms with Crippen LogP contribution in [0, 0.1) is 5.82 Å². The number of tetrazole rings is 1. The lowest BCUT2D eigenvalue weighted by Crippen LogP contribution is -2.15. The van der Waals surface area contributed by atoms with E-state index in [-0.39, 0.29) is 22.2 Å². The minimum absolute atomic E-state index is 0.0134. The molecule has 128 valence electrons. The summed E-state index contributed by atoms with van der Waals surface area (Å²) in [4.78, 5) is 12.0. The van der Waals surface area contributed by atoms with Crippen LogP contribution in [0.25, 0.3) is 5.69 Å². The van der Waals surface area contributed by atoms with Crippen molar-refractivity contribution in [2.75, 3.05) is 11.1 Å². The van der Waals surface area contributed by atoms with Crippen molar-refractivity contribution >= 4 is 35.0 Å². The molecule has 0 saturated carbocycles. The lowest BCUT2D eigenvalue weighted by atomic mass is 10.3. The average molecular weight is 380 g/mol. The SMILES string of the molecule is O=C(CSc1nnnn1-c1ccc(O)cc1)Nc1ccc(Cl)cc1F. The van der Waals surface area contributed by atoms with Crippen molar-refractivity contribution in [3.63, 3.8) is 0 Å². The number of carbonyl (C=O) groups excluding carboxylic acids is 1. The zero-order valence-electron chi connectivity index (χ0n) is 12.6. The lowest BCUT2D eigenvalue weighted by Gasteiger charge is -2.07. The predicted molar refractivity (Wildman–Crippen MR) is 91.6 cm³/mol. The number of amides is 1. The van der Waals surface area contributed by atoms with Gasteiger partial charge in [-0.3, -0.25) is 4.79 Å². The summed E-state index contributed by atoms with van der Waals surface area (Å²) in [6.07, 6.45) is 0. The van der Waals surface area contributed by atoms with Gasteiger partial charge in [-0.05, 0) is 52.9 Å². The topological polar surface area (TPSA) is 92.9 Å². The summed E-state index contributed by atoms with van der Waals surface area (Å²) in [5, 5.41) is 23.7. The Bertz CT molecular complexity index is 903. The average Bonchev–Trinajstić information content (AvgIpc) is 3.05. The van der Waals surface area contributed by atoms with Gasteiger partial charge in [0.1, 0.15) is 11.6 Å². The number of nitrogens with one attached hydrogen (secondary N) is 1. The molecular formula is C15H11ClFN5O2S. The first kappa shape index (κ1) is 17.2. The van der Waals surface area contributed by atoms with Crippen LogP contribution in [0.1, 0.15) is 0 Å². The molecule has 0 bridgehead atoms. The van der Waals surface area contributed by atoms with Crippen LogP contribution >= 0.6 is 23.4 Å². The Morgan fingerprint density at radius 1 is 1.28 bits per heavy atom. The van der Waals surface area contributed by atoms with Crippen LogP contribution in [0.3, 0.4) is 0 Å². The second kappa shape index (κ2) is 7.49. The van der Waals surface area contributed by atoms with Crippen molar-refractivity contribution in [3.8, 4) is 11.4 Å². The van der Waals surface area contributed by atoms with Crippen LogP contribution in [-0.4, -0.2) is 37.0 Å². The molecule has 0 fully saturated rings. The first-order valence-electron chi connectivity index (χ1n) is 6.98. The van der Waals surface area contributed by atoms with Gasteiger partial charge >= 0.3 is 0 Å². The van der Waals surface area contributed by atoms with Gasteiger partial charge in [0.05, 0.1) is 17.1 Å². The van der Waals surface area contributed by atoms with E-state index in [1.807, 2.05) is 0 Å². The van der Waals surface area contributed by atoms with E-state index in [0.29, 0.717) is 10.8 Å². The molecule has 3 rings (SSSR count). The summed E-state index contributed by atoms with van der Waals surface area (Å²) in [5.41, 5.74) is 0.683. The number of hydrogen-bond acceptors (Lipinski definition) is 6. The maximum absolute atomic E-state index is 13.7. The van der Waals surface area contributed by atoms with Crippen molar-refractivity contribution in [2.45, 2.75) is 5.16 Å². The van der Waals surface area contributed by atoms with E-state index in [4.69, 9.17) is 11.6 Å². The number of aromatic hydroxyl groups is 1. The van der Waals surface area contributed by atoms with Gasteiger partial charge in [0.2, 0.25) is 11.1 Å². The van der Waals surface area contributed by atoms with E-state index in [2.05, 4.69) is 20.8 Å². The maximum atomic E-state index is 13.7. The predicted octanol–water partition coefficient (Wildman–Crippen LogP) is 2.89. The van der Waals surface area contributed by atoms with E-state index >= 15 is 0 Å². The molecule has 1 amide bonds. The fourth-order valence-corrected chi connectivity index (χ4v) is 2.78. The van der Waals surface area contributed by atoms with E-state index in [9.17, 15) is 14.3 Å². The van der Waals surface area contributed by atoms with Gasteiger partial charge in [-0.2, -0.15) is 4.68 Å². The second-order valence-electron chi connectivity index (χ2n) is 4.85. The summed E-state index contributed by atoms with van der Waals surface area (Å²) in [6, 6.07) is 10.3. The van der Waals surface area contributed by atoms with Gasteiger partial charge in [-0.15, -0.1) is 5.10 Å². The smallest absolute Gasteiger partial charge is 0.234 e. The summed E-state index contributed by atoms with van der Waals surface area (Å²) >= 11 is 6.76.